The molecule has 0 aliphatic heterocycles. The normalized spacial score (nSPS) is 21.5. The van der Waals surface area contributed by atoms with Crippen molar-refractivity contribution in [3.05, 3.63) is 129 Å². The summed E-state index contributed by atoms with van der Waals surface area (Å²) in [6.45, 7) is 0. The maximum absolute atomic E-state index is 12.0. The van der Waals surface area contributed by atoms with E-state index >= 15 is 0 Å². The summed E-state index contributed by atoms with van der Waals surface area (Å²) >= 11 is 0. The number of rotatable bonds is 3. The average molecular weight is 480 g/mol. The maximum atomic E-state index is 12.0. The second-order valence-corrected chi connectivity index (χ2v) is 11.0. The van der Waals surface area contributed by atoms with E-state index in [4.69, 9.17) is 4.74 Å². The summed E-state index contributed by atoms with van der Waals surface area (Å²) in [6, 6.07) is 28.5. The Morgan fingerprint density at radius 3 is 1.69 bits per heavy atom. The topological polar surface area (TPSA) is 66.4 Å². The van der Waals surface area contributed by atoms with Crippen molar-refractivity contribution >= 4 is 10.1 Å². The summed E-state index contributed by atoms with van der Waals surface area (Å²) in [5.41, 5.74) is 7.67. The van der Waals surface area contributed by atoms with Crippen LogP contribution in [0.5, 0.6) is 5.75 Å². The molecule has 0 spiro atoms. The zero-order valence-electron chi connectivity index (χ0n) is 19.0. The van der Waals surface area contributed by atoms with Gasteiger partial charge in [-0.2, -0.15) is 0 Å². The molecular weight excluding hydrogens is 456 g/mol. The van der Waals surface area contributed by atoms with Crippen LogP contribution < -0.4 is 4.74 Å². The van der Waals surface area contributed by atoms with E-state index < -0.39 is 15.7 Å². The second-order valence-electron chi connectivity index (χ2n) is 9.66. The molecular formula is C30H23O4S-. The van der Waals surface area contributed by atoms with Gasteiger partial charge in [-0.3, -0.25) is 0 Å². The summed E-state index contributed by atoms with van der Waals surface area (Å²) in [5, 5.41) is 0. The van der Waals surface area contributed by atoms with Crippen LogP contribution in [0, 0.1) is 0 Å². The van der Waals surface area contributed by atoms with Crippen LogP contribution in [-0.4, -0.2) is 13.0 Å². The Kier molecular flexibility index (Phi) is 4.36. The van der Waals surface area contributed by atoms with Crippen LogP contribution in [0.3, 0.4) is 0 Å². The molecule has 8 rings (SSSR count). The third-order valence-corrected chi connectivity index (χ3v) is 8.86. The fraction of sp³-hybridized carbons (Fsp3) is 0.200. The van der Waals surface area contributed by atoms with Crippen molar-refractivity contribution < 1.29 is 17.7 Å². The third-order valence-electron chi connectivity index (χ3n) is 7.93. The van der Waals surface area contributed by atoms with Gasteiger partial charge in [-0.25, -0.2) is 8.42 Å². The average Bonchev–Trinajstić information content (AvgIpc) is 2.88. The number of hydrogen-bond donors (Lipinski definition) is 0. The van der Waals surface area contributed by atoms with Crippen LogP contribution in [0.4, 0.5) is 0 Å². The van der Waals surface area contributed by atoms with E-state index in [9.17, 15) is 13.0 Å². The molecule has 0 unspecified atom stereocenters. The van der Waals surface area contributed by atoms with Gasteiger partial charge in [-0.05, 0) is 65.6 Å². The SMILES string of the molecule is O=S(=O)([O-])c1ccc(OC23c4ccccc4C(c4ccccc42)c2ccccc23)c2c1CCCC2. The van der Waals surface area contributed by atoms with Gasteiger partial charge in [0.2, 0.25) is 0 Å². The minimum atomic E-state index is -4.56. The molecule has 35 heavy (non-hydrogen) atoms. The smallest absolute Gasteiger partial charge is 0.185 e. The van der Waals surface area contributed by atoms with Crippen LogP contribution in [0.25, 0.3) is 0 Å². The molecule has 0 N–H and O–H groups in total. The second kappa shape index (κ2) is 7.30. The molecule has 4 nitrogen and oxygen atoms in total. The van der Waals surface area contributed by atoms with Crippen molar-refractivity contribution in [3.8, 4) is 5.75 Å². The van der Waals surface area contributed by atoms with Gasteiger partial charge in [0.25, 0.3) is 0 Å². The minimum Gasteiger partial charge on any atom is -0.744 e. The monoisotopic (exact) mass is 479 g/mol. The van der Waals surface area contributed by atoms with E-state index in [1.807, 2.05) is 0 Å². The number of benzene rings is 4. The predicted octanol–water partition coefficient (Wildman–Crippen LogP) is 5.65. The van der Waals surface area contributed by atoms with Gasteiger partial charge < -0.3 is 9.29 Å². The Hall–Kier alpha value is -3.41. The Bertz CT molecular complexity index is 1500. The highest BCUT2D eigenvalue weighted by molar-refractivity contribution is 7.85. The molecule has 0 atom stereocenters. The van der Waals surface area contributed by atoms with Gasteiger partial charge in [0.15, 0.2) is 5.60 Å². The number of ether oxygens (including phenoxy) is 1. The van der Waals surface area contributed by atoms with Crippen LogP contribution in [0.15, 0.2) is 89.8 Å². The molecule has 4 aromatic carbocycles. The van der Waals surface area contributed by atoms with Crippen LogP contribution in [0.2, 0.25) is 0 Å². The standard InChI is InChI=1S/C30H24O4S/c31-35(32,33)28-18-17-27(19-9-1-2-10-20(19)28)34-30-24-14-6-3-11-21(24)29(22-12-4-7-15-25(22)30)23-13-5-8-16-26(23)30/h3-8,11-18,29H,1-2,9-10H2,(H,31,32,33)/p-1. The largest absolute Gasteiger partial charge is 0.744 e. The summed E-state index contributed by atoms with van der Waals surface area (Å²) in [5.74, 6) is 0.804. The molecule has 4 aliphatic carbocycles. The first kappa shape index (κ1) is 20.9. The Morgan fingerprint density at radius 2 is 1.17 bits per heavy atom. The Labute approximate surface area is 205 Å². The quantitative estimate of drug-likeness (QED) is 0.356. The molecule has 5 heteroatoms. The molecule has 174 valence electrons. The molecule has 0 saturated heterocycles. The predicted molar refractivity (Wildman–Crippen MR) is 132 cm³/mol. The Morgan fingerprint density at radius 1 is 0.686 bits per heavy atom. The lowest BCUT2D eigenvalue weighted by atomic mass is 9.58. The van der Waals surface area contributed by atoms with E-state index in [-0.39, 0.29) is 10.8 Å². The highest BCUT2D eigenvalue weighted by atomic mass is 32.2. The minimum absolute atomic E-state index is 0.106. The number of fused-ring (bicyclic) bond motifs is 1. The zero-order valence-corrected chi connectivity index (χ0v) is 19.8. The summed E-state index contributed by atoms with van der Waals surface area (Å²) in [7, 11) is -4.56. The van der Waals surface area contributed by atoms with Crippen LogP contribution in [0.1, 0.15) is 63.3 Å². The summed E-state index contributed by atoms with van der Waals surface area (Å²) in [4.78, 5) is -0.106. The maximum Gasteiger partial charge on any atom is 0.185 e. The van der Waals surface area contributed by atoms with Crippen molar-refractivity contribution in [1.82, 2.24) is 0 Å². The van der Waals surface area contributed by atoms with Crippen molar-refractivity contribution in [2.75, 3.05) is 0 Å². The number of hydrogen-bond acceptors (Lipinski definition) is 4. The van der Waals surface area contributed by atoms with Crippen LogP contribution in [-0.2, 0) is 28.6 Å². The van der Waals surface area contributed by atoms with E-state index in [0.29, 0.717) is 24.2 Å². The van der Waals surface area contributed by atoms with E-state index in [1.165, 1.54) is 22.8 Å². The first-order valence-corrected chi connectivity index (χ1v) is 13.5. The van der Waals surface area contributed by atoms with Crippen molar-refractivity contribution in [2.24, 2.45) is 0 Å². The van der Waals surface area contributed by atoms with E-state index in [1.54, 1.807) is 6.07 Å². The molecule has 0 radical (unpaired) electrons. The molecule has 0 saturated carbocycles. The van der Waals surface area contributed by atoms with Gasteiger partial charge in [0.1, 0.15) is 15.9 Å². The van der Waals surface area contributed by atoms with Gasteiger partial charge in [-0.15, -0.1) is 0 Å². The first-order valence-electron chi connectivity index (χ1n) is 12.1. The third kappa shape index (κ3) is 2.79. The van der Waals surface area contributed by atoms with Crippen LogP contribution >= 0.6 is 0 Å². The lowest BCUT2D eigenvalue weighted by Crippen LogP contribution is -2.46. The van der Waals surface area contributed by atoms with Crippen molar-refractivity contribution in [2.45, 2.75) is 42.1 Å². The molecule has 0 fully saturated rings. The van der Waals surface area contributed by atoms with Gasteiger partial charge in [0, 0.05) is 22.6 Å². The van der Waals surface area contributed by atoms with Crippen molar-refractivity contribution in [3.63, 3.8) is 0 Å². The highest BCUT2D eigenvalue weighted by Gasteiger charge is 2.53. The summed E-state index contributed by atoms with van der Waals surface area (Å²) < 4.78 is 43.3. The van der Waals surface area contributed by atoms with E-state index in [2.05, 4.69) is 72.8 Å². The first-order chi connectivity index (χ1) is 17.0. The molecule has 4 aliphatic rings. The summed E-state index contributed by atoms with van der Waals surface area (Å²) in [6.07, 6.45) is 3.06. The fourth-order valence-corrected chi connectivity index (χ4v) is 7.37. The molecule has 0 aromatic heterocycles. The van der Waals surface area contributed by atoms with Gasteiger partial charge in [-0.1, -0.05) is 72.8 Å². The van der Waals surface area contributed by atoms with Gasteiger partial charge >= 0.3 is 0 Å². The Balaban J connectivity index is 1.54. The molecule has 4 aromatic rings. The lowest BCUT2D eigenvalue weighted by Gasteiger charge is -2.50. The van der Waals surface area contributed by atoms with E-state index in [0.717, 1.165) is 35.1 Å². The van der Waals surface area contributed by atoms with Gasteiger partial charge in [0.05, 0.1) is 4.90 Å². The zero-order chi connectivity index (χ0) is 23.8. The fourth-order valence-electron chi connectivity index (χ4n) is 6.61. The highest BCUT2D eigenvalue weighted by Crippen LogP contribution is 2.59. The molecule has 2 bridgehead atoms. The lowest BCUT2D eigenvalue weighted by molar-refractivity contribution is 0.140. The molecule has 0 heterocycles. The van der Waals surface area contributed by atoms with Crippen molar-refractivity contribution in [1.29, 1.82) is 0 Å². The molecule has 0 amide bonds.